The quantitative estimate of drug-likeness (QED) is 0.268. The molecular formula is C38H32BNSeSi. The van der Waals surface area contributed by atoms with Crippen molar-refractivity contribution in [3.05, 3.63) is 127 Å². The molecule has 0 N–H and O–H groups in total. The second-order valence-electron chi connectivity index (χ2n) is 12.2. The van der Waals surface area contributed by atoms with Gasteiger partial charge in [0.1, 0.15) is 0 Å². The molecule has 1 atom stereocenters. The van der Waals surface area contributed by atoms with Crippen LogP contribution in [0.3, 0.4) is 0 Å². The van der Waals surface area contributed by atoms with E-state index in [9.17, 15) is 0 Å². The molecule has 2 aliphatic heterocycles. The fourth-order valence-corrected chi connectivity index (χ4v) is 16.3. The third kappa shape index (κ3) is 3.32. The monoisotopic (exact) mass is 621 g/mol. The molecule has 0 amide bonds. The first kappa shape index (κ1) is 25.0. The molecule has 1 aliphatic carbocycles. The third-order valence-electron chi connectivity index (χ3n) is 10.3. The molecule has 4 heteroatoms. The van der Waals surface area contributed by atoms with Crippen LogP contribution >= 0.6 is 0 Å². The predicted molar refractivity (Wildman–Crippen MR) is 184 cm³/mol. The van der Waals surface area contributed by atoms with Crippen LogP contribution in [0.5, 0.6) is 0 Å². The zero-order chi connectivity index (χ0) is 27.8. The molecule has 0 spiro atoms. The van der Waals surface area contributed by atoms with E-state index >= 15 is 0 Å². The van der Waals surface area contributed by atoms with Crippen molar-refractivity contribution in [3.63, 3.8) is 0 Å². The Kier molecular flexibility index (Phi) is 5.64. The normalized spacial score (nSPS) is 18.3. The Morgan fingerprint density at radius 1 is 0.714 bits per heavy atom. The first-order valence-corrected chi connectivity index (χ1v) is 19.4. The maximum absolute atomic E-state index is 2.61. The summed E-state index contributed by atoms with van der Waals surface area (Å²) >= 11 is 0.296. The van der Waals surface area contributed by atoms with E-state index in [1.54, 1.807) is 41.0 Å². The summed E-state index contributed by atoms with van der Waals surface area (Å²) in [6.45, 7) is 2.74. The van der Waals surface area contributed by atoms with Crippen molar-refractivity contribution in [2.24, 2.45) is 0 Å². The van der Waals surface area contributed by atoms with E-state index in [2.05, 4.69) is 127 Å². The van der Waals surface area contributed by atoms with Crippen molar-refractivity contribution in [3.8, 4) is 5.69 Å². The predicted octanol–water partition coefficient (Wildman–Crippen LogP) is 2.80. The van der Waals surface area contributed by atoms with Gasteiger partial charge in [0.2, 0.25) is 0 Å². The number of benzene rings is 5. The van der Waals surface area contributed by atoms with Crippen molar-refractivity contribution in [1.82, 2.24) is 4.57 Å². The average Bonchev–Trinajstić information content (AvgIpc) is 3.39. The summed E-state index contributed by atoms with van der Waals surface area (Å²) in [5, 5.41) is 6.26. The van der Waals surface area contributed by atoms with Gasteiger partial charge in [-0.25, -0.2) is 0 Å². The molecule has 0 fully saturated rings. The van der Waals surface area contributed by atoms with Gasteiger partial charge in [-0.2, -0.15) is 0 Å². The van der Waals surface area contributed by atoms with Gasteiger partial charge in [0.25, 0.3) is 0 Å². The van der Waals surface area contributed by atoms with Crippen LogP contribution in [0.25, 0.3) is 16.6 Å². The van der Waals surface area contributed by atoms with Gasteiger partial charge in [-0.1, -0.05) is 0 Å². The molecule has 0 saturated heterocycles. The number of para-hydroxylation sites is 1. The SMILES string of the molecule is CC[Si]1(c2ccccc2)c2ccccc2B2c3cc(-n4c5c(c6ccccc64)CCCC5)ccc3[Se]c3cccc1c32. The molecule has 6 aromatic rings. The van der Waals surface area contributed by atoms with E-state index in [1.807, 2.05) is 0 Å². The van der Waals surface area contributed by atoms with Crippen LogP contribution in [0.1, 0.15) is 31.0 Å². The molecular weight excluding hydrogens is 588 g/mol. The average molecular weight is 621 g/mol. The van der Waals surface area contributed by atoms with Crippen molar-refractivity contribution < 1.29 is 0 Å². The summed E-state index contributed by atoms with van der Waals surface area (Å²) in [5.41, 5.74) is 10.5. The van der Waals surface area contributed by atoms with Crippen molar-refractivity contribution in [1.29, 1.82) is 0 Å². The second kappa shape index (κ2) is 9.47. The van der Waals surface area contributed by atoms with Crippen LogP contribution in [0, 0.1) is 0 Å². The van der Waals surface area contributed by atoms with Gasteiger partial charge in [0, 0.05) is 0 Å². The molecule has 202 valence electrons. The molecule has 0 bridgehead atoms. The van der Waals surface area contributed by atoms with Crippen LogP contribution in [0.2, 0.25) is 6.04 Å². The molecule has 1 nitrogen and oxygen atoms in total. The van der Waals surface area contributed by atoms with Crippen LogP contribution in [0.15, 0.2) is 115 Å². The summed E-state index contributed by atoms with van der Waals surface area (Å²) in [4.78, 5) is 0. The summed E-state index contributed by atoms with van der Waals surface area (Å²) < 4.78 is 5.75. The van der Waals surface area contributed by atoms with Gasteiger partial charge in [0.05, 0.1) is 0 Å². The van der Waals surface area contributed by atoms with Crippen molar-refractivity contribution in [2.45, 2.75) is 38.7 Å². The molecule has 0 radical (unpaired) electrons. The molecule has 3 aliphatic rings. The zero-order valence-corrected chi connectivity index (χ0v) is 26.7. The van der Waals surface area contributed by atoms with Gasteiger partial charge in [-0.05, 0) is 0 Å². The first-order chi connectivity index (χ1) is 20.8. The zero-order valence-electron chi connectivity index (χ0n) is 23.9. The topological polar surface area (TPSA) is 4.93 Å². The maximum atomic E-state index is 2.61. The van der Waals surface area contributed by atoms with Gasteiger partial charge in [-0.3, -0.25) is 0 Å². The molecule has 1 unspecified atom stereocenters. The fraction of sp³-hybridized carbons (Fsp3) is 0.158. The molecule has 9 rings (SSSR count). The summed E-state index contributed by atoms with van der Waals surface area (Å²) in [6, 6.07) is 46.1. The van der Waals surface area contributed by atoms with Gasteiger partial charge in [-0.15, -0.1) is 0 Å². The van der Waals surface area contributed by atoms with E-state index in [0.29, 0.717) is 21.7 Å². The Bertz CT molecular complexity index is 2030. The summed E-state index contributed by atoms with van der Waals surface area (Å²) in [6.07, 6.45) is 4.96. The van der Waals surface area contributed by atoms with E-state index in [4.69, 9.17) is 0 Å². The van der Waals surface area contributed by atoms with Crippen molar-refractivity contribution >= 4 is 81.5 Å². The molecule has 0 saturated carbocycles. The van der Waals surface area contributed by atoms with Crippen LogP contribution in [-0.4, -0.2) is 34.3 Å². The minimum atomic E-state index is -2.17. The Balaban J connectivity index is 1.31. The molecule has 5 aromatic carbocycles. The number of aromatic nitrogens is 1. The standard InChI is InChI=1S/C38H32BNSeSi/c1-2-42(27-13-4-3-5-14-27)36-21-11-8-17-30(36)39-31-25-26(23-24-34(31)41-35-20-12-22-37(42)38(35)39)40-32-18-9-6-15-28(32)29-16-7-10-19-33(29)40/h3-6,8-9,11-15,17-18,20-25H,2,7,10,16,19H2,1H3. The van der Waals surface area contributed by atoms with Crippen LogP contribution in [-0.2, 0) is 12.8 Å². The number of nitrogens with zero attached hydrogens (tertiary/aromatic N) is 1. The summed E-state index contributed by atoms with van der Waals surface area (Å²) in [7, 11) is -2.17. The number of hydrogen-bond donors (Lipinski definition) is 0. The number of fused-ring (bicyclic) bond motifs is 7. The molecule has 1 aromatic heterocycles. The Hall–Kier alpha value is -3.56. The molecule has 42 heavy (non-hydrogen) atoms. The number of hydrogen-bond acceptors (Lipinski definition) is 0. The van der Waals surface area contributed by atoms with Gasteiger partial charge in [0.15, 0.2) is 0 Å². The van der Waals surface area contributed by atoms with Gasteiger partial charge < -0.3 is 0 Å². The van der Waals surface area contributed by atoms with Gasteiger partial charge >= 0.3 is 257 Å². The Morgan fingerprint density at radius 2 is 1.50 bits per heavy atom. The molecule has 3 heterocycles. The third-order valence-corrected chi connectivity index (χ3v) is 17.9. The summed E-state index contributed by atoms with van der Waals surface area (Å²) in [5.74, 6) is 0. The van der Waals surface area contributed by atoms with E-state index in [0.717, 1.165) is 0 Å². The van der Waals surface area contributed by atoms with E-state index in [1.165, 1.54) is 59.5 Å². The van der Waals surface area contributed by atoms with Crippen molar-refractivity contribution in [2.75, 3.05) is 0 Å². The fourth-order valence-electron chi connectivity index (χ4n) is 8.59. The van der Waals surface area contributed by atoms with E-state index < -0.39 is 8.07 Å². The Labute approximate surface area is 255 Å². The first-order valence-electron chi connectivity index (χ1n) is 15.5. The second-order valence-corrected chi connectivity index (χ2v) is 18.6. The minimum absolute atomic E-state index is 0.296. The van der Waals surface area contributed by atoms with E-state index in [-0.39, 0.29) is 0 Å². The van der Waals surface area contributed by atoms with Crippen LogP contribution in [0.4, 0.5) is 0 Å². The number of aryl methyl sites for hydroxylation is 1. The van der Waals surface area contributed by atoms with Crippen LogP contribution < -0.4 is 40.9 Å². The number of rotatable bonds is 3. The Morgan fingerprint density at radius 3 is 2.40 bits per heavy atom.